The standard InChI is InChI=1S/C10H23O3PS.Na/c1-9(2)5-7-12-14(11,15)13-8-6-10(3)4;/h9-10H,5-8H2,1-4H3,(H,11,15);/q;+1/p-1. The largest absolute Gasteiger partial charge is 1.00 e. The van der Waals surface area contributed by atoms with Crippen molar-refractivity contribution in [3.63, 3.8) is 0 Å². The van der Waals surface area contributed by atoms with Crippen molar-refractivity contribution in [2.45, 2.75) is 40.5 Å². The van der Waals surface area contributed by atoms with Gasteiger partial charge in [0.05, 0.1) is 13.2 Å². The first-order valence-corrected chi connectivity index (χ1v) is 7.99. The molecule has 0 aliphatic rings. The molecule has 0 aromatic heterocycles. The van der Waals surface area contributed by atoms with Crippen molar-refractivity contribution >= 4 is 18.5 Å². The van der Waals surface area contributed by atoms with Crippen LogP contribution >= 0.6 is 6.72 Å². The van der Waals surface area contributed by atoms with Gasteiger partial charge in [0.2, 0.25) is 0 Å². The summed E-state index contributed by atoms with van der Waals surface area (Å²) < 4.78 is 10.1. The molecule has 0 radical (unpaired) electrons. The van der Waals surface area contributed by atoms with Crippen LogP contribution in [0.3, 0.4) is 0 Å². The van der Waals surface area contributed by atoms with Crippen LogP contribution in [0.2, 0.25) is 0 Å². The van der Waals surface area contributed by atoms with Gasteiger partial charge in [-0.3, -0.25) is 0 Å². The zero-order valence-electron chi connectivity index (χ0n) is 11.1. The van der Waals surface area contributed by atoms with Gasteiger partial charge in [-0.05, 0) is 24.7 Å². The molecule has 0 aliphatic carbocycles. The summed E-state index contributed by atoms with van der Waals surface area (Å²) in [4.78, 5) is 11.5. The van der Waals surface area contributed by atoms with Crippen molar-refractivity contribution in [1.82, 2.24) is 0 Å². The topological polar surface area (TPSA) is 41.5 Å². The monoisotopic (exact) mass is 276 g/mol. The van der Waals surface area contributed by atoms with Crippen LogP contribution in [0.4, 0.5) is 0 Å². The first-order chi connectivity index (χ1) is 6.83. The predicted octanol–water partition coefficient (Wildman–Crippen LogP) is -0.299. The van der Waals surface area contributed by atoms with Crippen LogP contribution in [0.5, 0.6) is 0 Å². The second-order valence-electron chi connectivity index (χ2n) is 4.48. The Hall–Kier alpha value is 1.53. The molecule has 0 saturated carbocycles. The van der Waals surface area contributed by atoms with E-state index in [0.717, 1.165) is 12.8 Å². The van der Waals surface area contributed by atoms with E-state index in [2.05, 4.69) is 27.7 Å². The molecule has 0 amide bonds. The Balaban J connectivity index is 0. The minimum atomic E-state index is -3.22. The molecule has 0 aromatic carbocycles. The van der Waals surface area contributed by atoms with Gasteiger partial charge in [-0.1, -0.05) is 39.5 Å². The van der Waals surface area contributed by atoms with E-state index in [-0.39, 0.29) is 29.6 Å². The molecule has 0 spiro atoms. The molecule has 0 heterocycles. The summed E-state index contributed by atoms with van der Waals surface area (Å²) in [5.41, 5.74) is 0. The Morgan fingerprint density at radius 3 is 1.56 bits per heavy atom. The minimum Gasteiger partial charge on any atom is -0.780 e. The van der Waals surface area contributed by atoms with Gasteiger partial charge in [-0.2, -0.15) is 0 Å². The summed E-state index contributed by atoms with van der Waals surface area (Å²) in [6.45, 7) is 5.93. The average molecular weight is 276 g/mol. The Labute approximate surface area is 127 Å². The normalized spacial score (nSPS) is 11.9. The summed E-state index contributed by atoms with van der Waals surface area (Å²) in [5.74, 6) is 1.05. The van der Waals surface area contributed by atoms with E-state index in [9.17, 15) is 4.89 Å². The number of hydrogen-bond donors (Lipinski definition) is 0. The Bertz CT molecular complexity index is 194. The van der Waals surface area contributed by atoms with Crippen LogP contribution in [-0.4, -0.2) is 13.2 Å². The molecular weight excluding hydrogens is 254 g/mol. The van der Waals surface area contributed by atoms with Crippen molar-refractivity contribution in [3.05, 3.63) is 0 Å². The smallest absolute Gasteiger partial charge is 0.780 e. The molecule has 0 aromatic rings. The molecule has 6 heteroatoms. The van der Waals surface area contributed by atoms with E-state index in [0.29, 0.717) is 25.0 Å². The van der Waals surface area contributed by atoms with Crippen molar-refractivity contribution < 1.29 is 43.5 Å². The van der Waals surface area contributed by atoms with E-state index >= 15 is 0 Å². The molecule has 92 valence electrons. The third-order valence-corrected chi connectivity index (χ3v) is 3.52. The van der Waals surface area contributed by atoms with Gasteiger partial charge in [-0.25, -0.2) is 0 Å². The van der Waals surface area contributed by atoms with Gasteiger partial charge < -0.3 is 13.9 Å². The van der Waals surface area contributed by atoms with E-state index < -0.39 is 6.72 Å². The fourth-order valence-electron chi connectivity index (χ4n) is 0.838. The zero-order valence-corrected chi connectivity index (χ0v) is 14.8. The first-order valence-electron chi connectivity index (χ1n) is 5.43. The van der Waals surface area contributed by atoms with E-state index in [1.54, 1.807) is 0 Å². The van der Waals surface area contributed by atoms with Crippen LogP contribution in [0.1, 0.15) is 40.5 Å². The third kappa shape index (κ3) is 13.6. The van der Waals surface area contributed by atoms with Crippen molar-refractivity contribution in [1.29, 1.82) is 0 Å². The number of hydrogen-bond acceptors (Lipinski definition) is 4. The quantitative estimate of drug-likeness (QED) is 0.451. The first kappa shape index (κ1) is 19.9. The number of rotatable bonds is 8. The van der Waals surface area contributed by atoms with Crippen molar-refractivity contribution in [3.8, 4) is 0 Å². The summed E-state index contributed by atoms with van der Waals surface area (Å²) >= 11 is 4.76. The summed E-state index contributed by atoms with van der Waals surface area (Å²) in [6, 6.07) is 0. The molecule has 0 saturated heterocycles. The SMILES string of the molecule is CC(C)CCOP([O-])(=S)OCCC(C)C.[Na+]. The van der Waals surface area contributed by atoms with Crippen molar-refractivity contribution in [2.24, 2.45) is 11.8 Å². The van der Waals surface area contributed by atoms with Gasteiger partial charge in [0.1, 0.15) is 6.72 Å². The van der Waals surface area contributed by atoms with E-state index in [1.807, 2.05) is 0 Å². The van der Waals surface area contributed by atoms with Crippen LogP contribution in [0.15, 0.2) is 0 Å². The fourth-order valence-corrected chi connectivity index (χ4v) is 2.02. The Kier molecular flexibility index (Phi) is 13.0. The van der Waals surface area contributed by atoms with Gasteiger partial charge in [0.25, 0.3) is 0 Å². The van der Waals surface area contributed by atoms with Gasteiger partial charge >= 0.3 is 29.6 Å². The maximum Gasteiger partial charge on any atom is 1.00 e. The molecule has 3 nitrogen and oxygen atoms in total. The van der Waals surface area contributed by atoms with E-state index in [1.165, 1.54) is 0 Å². The third-order valence-electron chi connectivity index (χ3n) is 1.89. The second kappa shape index (κ2) is 10.5. The zero-order chi connectivity index (χ0) is 11.9. The molecular formula is C10H22NaO3PS. The maximum absolute atomic E-state index is 11.5. The Morgan fingerprint density at radius 1 is 1.00 bits per heavy atom. The van der Waals surface area contributed by atoms with Gasteiger partial charge in [0, 0.05) is 0 Å². The average Bonchev–Trinajstić information content (AvgIpc) is 2.01. The Morgan fingerprint density at radius 2 is 1.31 bits per heavy atom. The second-order valence-corrected chi connectivity index (χ2v) is 7.23. The molecule has 0 rings (SSSR count). The minimum absolute atomic E-state index is 0. The fraction of sp³-hybridized carbons (Fsp3) is 1.00. The molecule has 0 bridgehead atoms. The van der Waals surface area contributed by atoms with Gasteiger partial charge in [0.15, 0.2) is 0 Å². The molecule has 0 unspecified atom stereocenters. The maximum atomic E-state index is 11.5. The van der Waals surface area contributed by atoms with E-state index in [4.69, 9.17) is 20.9 Å². The summed E-state index contributed by atoms with van der Waals surface area (Å²) in [7, 11) is 0. The molecule has 0 N–H and O–H groups in total. The van der Waals surface area contributed by atoms with Crippen LogP contribution in [0.25, 0.3) is 0 Å². The molecule has 0 aliphatic heterocycles. The molecule has 0 atom stereocenters. The van der Waals surface area contributed by atoms with Crippen LogP contribution < -0.4 is 34.5 Å². The molecule has 16 heavy (non-hydrogen) atoms. The summed E-state index contributed by atoms with van der Waals surface area (Å²) in [6.07, 6.45) is 1.71. The molecule has 0 fully saturated rings. The van der Waals surface area contributed by atoms with Crippen molar-refractivity contribution in [2.75, 3.05) is 13.2 Å². The van der Waals surface area contributed by atoms with Crippen LogP contribution in [0, 0.1) is 11.8 Å². The van der Waals surface area contributed by atoms with Crippen LogP contribution in [-0.2, 0) is 20.9 Å². The predicted molar refractivity (Wildman–Crippen MR) is 65.1 cm³/mol. The summed E-state index contributed by atoms with van der Waals surface area (Å²) in [5, 5.41) is 0. The van der Waals surface area contributed by atoms with Gasteiger partial charge in [-0.15, -0.1) is 0 Å².